The Morgan fingerprint density at radius 3 is 2.44 bits per heavy atom. The van der Waals surface area contributed by atoms with E-state index in [0.717, 1.165) is 36.4 Å². The Kier molecular flexibility index (Phi) is 6.26. The molecule has 0 radical (unpaired) electrons. The van der Waals surface area contributed by atoms with Crippen molar-refractivity contribution < 1.29 is 14.4 Å². The zero-order chi connectivity index (χ0) is 23.0. The highest BCUT2D eigenvalue weighted by Gasteiger charge is 2.39. The predicted octanol–water partition coefficient (Wildman–Crippen LogP) is 4.96. The maximum atomic E-state index is 12.9. The summed E-state index contributed by atoms with van der Waals surface area (Å²) in [5.74, 6) is -0.692. The van der Waals surface area contributed by atoms with Gasteiger partial charge in [-0.3, -0.25) is 14.4 Å². The summed E-state index contributed by atoms with van der Waals surface area (Å²) in [5, 5.41) is 3.18. The number of rotatable bonds is 4. The fourth-order valence-corrected chi connectivity index (χ4v) is 4.35. The SMILES string of the molecule is Cc1ccc(N2C(=O)C(Cl)=C(Nc3ccc(C(=O)N4CCCC(C)C4)cc3)C2=O)cc1Cl. The predicted molar refractivity (Wildman–Crippen MR) is 126 cm³/mol. The van der Waals surface area contributed by atoms with Gasteiger partial charge in [-0.1, -0.05) is 36.2 Å². The van der Waals surface area contributed by atoms with Crippen LogP contribution in [0.5, 0.6) is 0 Å². The van der Waals surface area contributed by atoms with Crippen molar-refractivity contribution in [1.82, 2.24) is 4.90 Å². The summed E-state index contributed by atoms with van der Waals surface area (Å²) in [4.78, 5) is 41.2. The Balaban J connectivity index is 1.50. The number of aryl methyl sites for hydroxylation is 1. The zero-order valence-corrected chi connectivity index (χ0v) is 19.3. The van der Waals surface area contributed by atoms with Crippen LogP contribution < -0.4 is 10.2 Å². The van der Waals surface area contributed by atoms with Crippen molar-refractivity contribution in [2.75, 3.05) is 23.3 Å². The standard InChI is InChI=1S/C24H23Cl2N3O3/c1-14-4-3-11-28(13-14)22(30)16-6-8-17(9-7-16)27-21-20(26)23(31)29(24(21)32)18-10-5-15(2)19(25)12-18/h5-10,12,14,27H,3-4,11,13H2,1-2H3. The Labute approximate surface area is 196 Å². The van der Waals surface area contributed by atoms with Crippen LogP contribution in [0.2, 0.25) is 5.02 Å². The van der Waals surface area contributed by atoms with E-state index in [1.807, 2.05) is 11.8 Å². The van der Waals surface area contributed by atoms with E-state index in [1.54, 1.807) is 42.5 Å². The number of imide groups is 1. The Bertz CT molecular complexity index is 1130. The highest BCUT2D eigenvalue weighted by molar-refractivity contribution is 6.53. The molecule has 8 heteroatoms. The molecule has 4 rings (SSSR count). The third-order valence-electron chi connectivity index (χ3n) is 5.79. The van der Waals surface area contributed by atoms with Gasteiger partial charge in [-0.2, -0.15) is 0 Å². The quantitative estimate of drug-likeness (QED) is 0.639. The average Bonchev–Trinajstić information content (AvgIpc) is 2.99. The number of piperidine rings is 1. The lowest BCUT2D eigenvalue weighted by atomic mass is 9.99. The van der Waals surface area contributed by atoms with E-state index < -0.39 is 11.8 Å². The number of hydrogen-bond acceptors (Lipinski definition) is 4. The first-order chi connectivity index (χ1) is 15.3. The summed E-state index contributed by atoms with van der Waals surface area (Å²) >= 11 is 12.3. The number of likely N-dealkylation sites (tertiary alicyclic amines) is 1. The summed E-state index contributed by atoms with van der Waals surface area (Å²) < 4.78 is 0. The van der Waals surface area contributed by atoms with Gasteiger partial charge in [-0.15, -0.1) is 0 Å². The monoisotopic (exact) mass is 471 g/mol. The molecule has 1 unspecified atom stereocenters. The van der Waals surface area contributed by atoms with Crippen LogP contribution >= 0.6 is 23.2 Å². The number of hydrogen-bond donors (Lipinski definition) is 1. The molecule has 6 nitrogen and oxygen atoms in total. The van der Waals surface area contributed by atoms with Gasteiger partial charge in [0.25, 0.3) is 17.7 Å². The van der Waals surface area contributed by atoms with Crippen molar-refractivity contribution in [2.24, 2.45) is 5.92 Å². The molecule has 0 spiro atoms. The number of amides is 3. The number of halogens is 2. The molecule has 2 heterocycles. The number of carbonyl (C=O) groups is 3. The third kappa shape index (κ3) is 4.25. The molecule has 0 aliphatic carbocycles. The molecule has 2 aromatic rings. The molecule has 0 bridgehead atoms. The summed E-state index contributed by atoms with van der Waals surface area (Å²) in [7, 11) is 0. The first-order valence-electron chi connectivity index (χ1n) is 10.5. The largest absolute Gasteiger partial charge is 0.350 e. The first-order valence-corrected chi connectivity index (χ1v) is 11.2. The molecule has 0 saturated carbocycles. The number of nitrogens with one attached hydrogen (secondary N) is 1. The Morgan fingerprint density at radius 2 is 1.78 bits per heavy atom. The Hall–Kier alpha value is -2.83. The van der Waals surface area contributed by atoms with E-state index >= 15 is 0 Å². The molecule has 3 amide bonds. The van der Waals surface area contributed by atoms with Gasteiger partial charge >= 0.3 is 0 Å². The van der Waals surface area contributed by atoms with Gasteiger partial charge in [0, 0.05) is 29.4 Å². The van der Waals surface area contributed by atoms with Gasteiger partial charge in [0.05, 0.1) is 5.69 Å². The summed E-state index contributed by atoms with van der Waals surface area (Å²) in [6, 6.07) is 11.7. The van der Waals surface area contributed by atoms with Crippen molar-refractivity contribution in [3.63, 3.8) is 0 Å². The first kappa shape index (κ1) is 22.4. The fourth-order valence-electron chi connectivity index (χ4n) is 3.96. The topological polar surface area (TPSA) is 69.7 Å². The molecule has 1 atom stereocenters. The molecule has 0 aromatic heterocycles. The molecule has 2 aliphatic heterocycles. The average molecular weight is 472 g/mol. The van der Waals surface area contributed by atoms with Crippen molar-refractivity contribution in [3.05, 3.63) is 69.3 Å². The number of carbonyl (C=O) groups excluding carboxylic acids is 3. The van der Waals surface area contributed by atoms with Crippen LogP contribution in [-0.4, -0.2) is 35.7 Å². The van der Waals surface area contributed by atoms with E-state index in [0.29, 0.717) is 27.9 Å². The molecule has 166 valence electrons. The molecule has 1 saturated heterocycles. The number of benzene rings is 2. The van der Waals surface area contributed by atoms with Crippen LogP contribution in [0.1, 0.15) is 35.7 Å². The highest BCUT2D eigenvalue weighted by Crippen LogP contribution is 2.32. The lowest BCUT2D eigenvalue weighted by molar-refractivity contribution is -0.120. The second-order valence-corrected chi connectivity index (χ2v) is 9.05. The molecular weight excluding hydrogens is 449 g/mol. The Morgan fingerprint density at radius 1 is 1.06 bits per heavy atom. The lowest BCUT2D eigenvalue weighted by Gasteiger charge is -2.31. The minimum Gasteiger partial charge on any atom is -0.350 e. The fraction of sp³-hybridized carbons (Fsp3) is 0.292. The minimum atomic E-state index is -0.620. The maximum Gasteiger partial charge on any atom is 0.283 e. The summed E-state index contributed by atoms with van der Waals surface area (Å²) in [5.41, 5.74) is 2.29. The molecular formula is C24H23Cl2N3O3. The number of anilines is 2. The van der Waals surface area contributed by atoms with Crippen molar-refractivity contribution in [2.45, 2.75) is 26.7 Å². The van der Waals surface area contributed by atoms with Gasteiger partial charge in [0.15, 0.2) is 0 Å². The van der Waals surface area contributed by atoms with E-state index in [4.69, 9.17) is 23.2 Å². The lowest BCUT2D eigenvalue weighted by Crippen LogP contribution is -2.39. The van der Waals surface area contributed by atoms with Crippen LogP contribution in [0.3, 0.4) is 0 Å². The van der Waals surface area contributed by atoms with E-state index in [2.05, 4.69) is 12.2 Å². The van der Waals surface area contributed by atoms with Gasteiger partial charge in [-0.05, 0) is 67.6 Å². The molecule has 32 heavy (non-hydrogen) atoms. The molecule has 1 N–H and O–H groups in total. The van der Waals surface area contributed by atoms with Crippen molar-refractivity contribution >= 4 is 52.3 Å². The van der Waals surface area contributed by atoms with Gasteiger partial charge in [0.1, 0.15) is 10.7 Å². The van der Waals surface area contributed by atoms with E-state index in [1.165, 1.54) is 0 Å². The number of nitrogens with zero attached hydrogens (tertiary/aromatic N) is 2. The minimum absolute atomic E-state index is 0.00473. The second-order valence-electron chi connectivity index (χ2n) is 8.27. The second kappa shape index (κ2) is 8.96. The molecule has 2 aromatic carbocycles. The summed E-state index contributed by atoms with van der Waals surface area (Å²) in [6.07, 6.45) is 2.15. The van der Waals surface area contributed by atoms with Crippen molar-refractivity contribution in [1.29, 1.82) is 0 Å². The normalized spacial score (nSPS) is 19.1. The van der Waals surface area contributed by atoms with E-state index in [-0.39, 0.29) is 16.6 Å². The van der Waals surface area contributed by atoms with Gasteiger partial charge < -0.3 is 10.2 Å². The smallest absolute Gasteiger partial charge is 0.283 e. The highest BCUT2D eigenvalue weighted by atomic mass is 35.5. The molecule has 1 fully saturated rings. The third-order valence-corrected chi connectivity index (χ3v) is 6.54. The zero-order valence-electron chi connectivity index (χ0n) is 17.8. The van der Waals surface area contributed by atoms with Crippen LogP contribution in [0.25, 0.3) is 0 Å². The van der Waals surface area contributed by atoms with Crippen LogP contribution in [-0.2, 0) is 9.59 Å². The van der Waals surface area contributed by atoms with Crippen molar-refractivity contribution in [3.8, 4) is 0 Å². The van der Waals surface area contributed by atoms with E-state index in [9.17, 15) is 14.4 Å². The maximum absolute atomic E-state index is 12.9. The van der Waals surface area contributed by atoms with Crippen LogP contribution in [0, 0.1) is 12.8 Å². The van der Waals surface area contributed by atoms with Gasteiger partial charge in [0.2, 0.25) is 0 Å². The van der Waals surface area contributed by atoms with Crippen LogP contribution in [0.15, 0.2) is 53.2 Å². The molecule has 2 aliphatic rings. The van der Waals surface area contributed by atoms with Crippen LogP contribution in [0.4, 0.5) is 11.4 Å². The summed E-state index contributed by atoms with van der Waals surface area (Å²) in [6.45, 7) is 5.51. The van der Waals surface area contributed by atoms with Gasteiger partial charge in [-0.25, -0.2) is 4.90 Å².